The number of hydrogen-bond acceptors (Lipinski definition) is 4. The molecular formula is C71H43N5O. The number of furan rings is 1. The molecule has 77 heavy (non-hydrogen) atoms. The van der Waals surface area contributed by atoms with Crippen LogP contribution < -0.4 is 0 Å². The van der Waals surface area contributed by atoms with E-state index in [0.717, 1.165) is 99.5 Å². The van der Waals surface area contributed by atoms with Crippen molar-refractivity contribution in [1.82, 2.24) is 24.1 Å². The number of hydrogen-bond donors (Lipinski definition) is 0. The lowest BCUT2D eigenvalue weighted by Gasteiger charge is -2.16. The third-order valence-electron chi connectivity index (χ3n) is 15.5. The molecule has 16 rings (SSSR count). The average Bonchev–Trinajstić information content (AvgIpc) is 4.38. The van der Waals surface area contributed by atoms with Crippen LogP contribution in [-0.2, 0) is 0 Å². The summed E-state index contributed by atoms with van der Waals surface area (Å²) < 4.78 is 11.9. The van der Waals surface area contributed by atoms with E-state index >= 15 is 0 Å². The highest BCUT2D eigenvalue weighted by Crippen LogP contribution is 2.46. The highest BCUT2D eigenvalue weighted by molar-refractivity contribution is 6.24. The number of para-hydroxylation sites is 2. The molecule has 16 aromatic rings. The minimum absolute atomic E-state index is 0.560. The summed E-state index contributed by atoms with van der Waals surface area (Å²) >= 11 is 0. The van der Waals surface area contributed by atoms with Gasteiger partial charge in [-0.05, 0) is 92.8 Å². The van der Waals surface area contributed by atoms with E-state index < -0.39 is 0 Å². The molecule has 0 spiro atoms. The Hall–Kier alpha value is -10.4. The predicted molar refractivity (Wildman–Crippen MR) is 318 cm³/mol. The Morgan fingerprint density at radius 2 is 0.844 bits per heavy atom. The molecule has 12 aromatic carbocycles. The van der Waals surface area contributed by atoms with Gasteiger partial charge in [0.2, 0.25) is 0 Å². The molecule has 0 bridgehead atoms. The van der Waals surface area contributed by atoms with Gasteiger partial charge in [0.15, 0.2) is 17.5 Å². The SMILES string of the molecule is c1ccc(-c2ccc(-c3cc4c(cc3-n3c5cc6ccccc6cc5c5c6ccccc6ccc53)oc3cccc(-c5nc(-c6ccccc6)nc(-c6cccc7c6c6ccccc6n7-c6ccccc6)n5)c34)cc2)cc1. The molecule has 0 radical (unpaired) electrons. The number of fused-ring (bicyclic) bond motifs is 12. The molecule has 0 saturated heterocycles. The summed E-state index contributed by atoms with van der Waals surface area (Å²) in [6, 6.07) is 92.8. The van der Waals surface area contributed by atoms with Crippen molar-refractivity contribution in [3.63, 3.8) is 0 Å². The zero-order valence-corrected chi connectivity index (χ0v) is 41.5. The first-order valence-electron chi connectivity index (χ1n) is 26.1. The van der Waals surface area contributed by atoms with Gasteiger partial charge in [-0.2, -0.15) is 0 Å². The Bertz CT molecular complexity index is 5020. The Balaban J connectivity index is 0.968. The van der Waals surface area contributed by atoms with E-state index in [2.05, 4.69) is 246 Å². The molecule has 6 heteroatoms. The van der Waals surface area contributed by atoms with Gasteiger partial charge < -0.3 is 13.6 Å². The fourth-order valence-electron chi connectivity index (χ4n) is 12.1. The fraction of sp³-hybridized carbons (Fsp3) is 0. The zero-order valence-electron chi connectivity index (χ0n) is 41.5. The lowest BCUT2D eigenvalue weighted by atomic mass is 9.96. The number of rotatable bonds is 7. The molecule has 358 valence electrons. The lowest BCUT2D eigenvalue weighted by Crippen LogP contribution is -2.01. The van der Waals surface area contributed by atoms with Crippen molar-refractivity contribution >= 4 is 87.1 Å². The largest absolute Gasteiger partial charge is 0.456 e. The van der Waals surface area contributed by atoms with Crippen molar-refractivity contribution in [3.05, 3.63) is 261 Å². The molecule has 4 heterocycles. The molecule has 0 saturated carbocycles. The van der Waals surface area contributed by atoms with E-state index in [1.165, 1.54) is 37.9 Å². The van der Waals surface area contributed by atoms with E-state index in [-0.39, 0.29) is 0 Å². The van der Waals surface area contributed by atoms with Crippen LogP contribution >= 0.6 is 0 Å². The van der Waals surface area contributed by atoms with E-state index in [4.69, 9.17) is 19.4 Å². The van der Waals surface area contributed by atoms with Gasteiger partial charge in [0.05, 0.1) is 27.8 Å². The quantitative estimate of drug-likeness (QED) is 0.160. The first-order chi connectivity index (χ1) is 38.2. The molecule has 6 nitrogen and oxygen atoms in total. The van der Waals surface area contributed by atoms with Crippen molar-refractivity contribution < 1.29 is 4.42 Å². The number of nitrogens with zero attached hydrogens (tertiary/aromatic N) is 5. The van der Waals surface area contributed by atoms with Crippen molar-refractivity contribution in [1.29, 1.82) is 0 Å². The second-order valence-corrected chi connectivity index (χ2v) is 19.9. The van der Waals surface area contributed by atoms with Gasteiger partial charge in [-0.25, -0.2) is 15.0 Å². The first-order valence-corrected chi connectivity index (χ1v) is 26.1. The minimum Gasteiger partial charge on any atom is -0.456 e. The zero-order chi connectivity index (χ0) is 50.6. The molecule has 0 aliphatic carbocycles. The summed E-state index contributed by atoms with van der Waals surface area (Å²) in [6.07, 6.45) is 0. The van der Waals surface area contributed by atoms with Crippen molar-refractivity contribution in [3.8, 4) is 67.8 Å². The van der Waals surface area contributed by atoms with Crippen molar-refractivity contribution in [2.75, 3.05) is 0 Å². The second-order valence-electron chi connectivity index (χ2n) is 19.9. The van der Waals surface area contributed by atoms with E-state index in [9.17, 15) is 0 Å². The van der Waals surface area contributed by atoms with Crippen LogP contribution in [0.2, 0.25) is 0 Å². The van der Waals surface area contributed by atoms with Crippen molar-refractivity contribution in [2.45, 2.75) is 0 Å². The van der Waals surface area contributed by atoms with E-state index in [1.807, 2.05) is 24.3 Å². The van der Waals surface area contributed by atoms with Crippen LogP contribution in [0.15, 0.2) is 265 Å². The van der Waals surface area contributed by atoms with E-state index in [1.54, 1.807) is 0 Å². The lowest BCUT2D eigenvalue weighted by molar-refractivity contribution is 0.668. The Labute approximate surface area is 442 Å². The van der Waals surface area contributed by atoms with Gasteiger partial charge in [0.25, 0.3) is 0 Å². The van der Waals surface area contributed by atoms with Crippen LogP contribution in [0.1, 0.15) is 0 Å². The average molecular weight is 982 g/mol. The summed E-state index contributed by atoms with van der Waals surface area (Å²) in [7, 11) is 0. The summed E-state index contributed by atoms with van der Waals surface area (Å²) in [5.74, 6) is 1.74. The highest BCUT2D eigenvalue weighted by Gasteiger charge is 2.25. The van der Waals surface area contributed by atoms with Crippen LogP contribution in [0.25, 0.3) is 155 Å². The molecule has 0 aliphatic rings. The van der Waals surface area contributed by atoms with Gasteiger partial charge in [-0.3, -0.25) is 0 Å². The molecule has 0 unspecified atom stereocenters. The van der Waals surface area contributed by atoms with E-state index in [0.29, 0.717) is 17.5 Å². The maximum atomic E-state index is 7.08. The Morgan fingerprint density at radius 3 is 1.61 bits per heavy atom. The maximum Gasteiger partial charge on any atom is 0.164 e. The molecule has 0 N–H and O–H groups in total. The number of benzene rings is 12. The molecule has 4 aromatic heterocycles. The first kappa shape index (κ1) is 43.0. The highest BCUT2D eigenvalue weighted by atomic mass is 16.3. The summed E-state index contributed by atoms with van der Waals surface area (Å²) in [5, 5.41) is 11.3. The van der Waals surface area contributed by atoms with Gasteiger partial charge in [-0.15, -0.1) is 0 Å². The summed E-state index contributed by atoms with van der Waals surface area (Å²) in [6.45, 7) is 0. The monoisotopic (exact) mass is 981 g/mol. The predicted octanol–water partition coefficient (Wildman–Crippen LogP) is 18.6. The van der Waals surface area contributed by atoms with Gasteiger partial charge in [0.1, 0.15) is 11.2 Å². The molecule has 0 atom stereocenters. The topological polar surface area (TPSA) is 61.7 Å². The van der Waals surface area contributed by atoms with Crippen molar-refractivity contribution in [2.24, 2.45) is 0 Å². The maximum absolute atomic E-state index is 7.08. The smallest absolute Gasteiger partial charge is 0.164 e. The molecule has 0 fully saturated rings. The normalized spacial score (nSPS) is 11.9. The summed E-state index contributed by atoms with van der Waals surface area (Å²) in [4.78, 5) is 16.2. The molecule has 0 amide bonds. The van der Waals surface area contributed by atoms with Crippen LogP contribution in [-0.4, -0.2) is 24.1 Å². The third kappa shape index (κ3) is 6.79. The number of aromatic nitrogens is 5. The standard InChI is InChI=1S/C71H43N5O/c1-4-18-44(19-5-1)45-34-36-47(37-35-45)56-42-58-65(43-63(56)76-61-39-38-46-20-12-13-27-52(46)66(61)57-40-49-23-10-11-24-50(49)41-62(57)76)77-64-33-17-30-55(68(58)64)71-73-69(48-21-6-2-7-22-48)72-70(74-71)54-29-16-32-60-67(54)53-28-14-15-31-59(53)75(60)51-25-8-3-9-26-51/h1-43H. The van der Waals surface area contributed by atoms with Gasteiger partial charge in [0, 0.05) is 66.3 Å². The second kappa shape index (κ2) is 17.1. The minimum atomic E-state index is 0.560. The van der Waals surface area contributed by atoms with Gasteiger partial charge >= 0.3 is 0 Å². The molecular weight excluding hydrogens is 939 g/mol. The molecule has 0 aliphatic heterocycles. The van der Waals surface area contributed by atoms with Crippen LogP contribution in [0.5, 0.6) is 0 Å². The Kier molecular flexibility index (Phi) is 9.53. The van der Waals surface area contributed by atoms with Crippen LogP contribution in [0.3, 0.4) is 0 Å². The van der Waals surface area contributed by atoms with Crippen LogP contribution in [0, 0.1) is 0 Å². The van der Waals surface area contributed by atoms with Gasteiger partial charge in [-0.1, -0.05) is 200 Å². The Morgan fingerprint density at radius 1 is 0.273 bits per heavy atom. The third-order valence-corrected chi connectivity index (χ3v) is 15.5. The van der Waals surface area contributed by atoms with Crippen LogP contribution in [0.4, 0.5) is 0 Å². The fourth-order valence-corrected chi connectivity index (χ4v) is 12.1. The summed E-state index contributed by atoms with van der Waals surface area (Å²) in [5.41, 5.74) is 15.2.